The van der Waals surface area contributed by atoms with Crippen molar-refractivity contribution in [3.63, 3.8) is 0 Å². The van der Waals surface area contributed by atoms with Gasteiger partial charge in [0.2, 0.25) is 10.0 Å². The molecule has 0 fully saturated rings. The van der Waals surface area contributed by atoms with Gasteiger partial charge in [0.25, 0.3) is 5.91 Å². The molecular weight excluding hydrogens is 402 g/mol. The number of hydrogen-bond acceptors (Lipinski definition) is 5. The number of carbonyl (C=O) groups excluding carboxylic acids is 1. The molecule has 1 atom stereocenters. The van der Waals surface area contributed by atoms with E-state index in [-0.39, 0.29) is 18.2 Å². The number of para-hydroxylation sites is 2. The highest BCUT2D eigenvalue weighted by Crippen LogP contribution is 2.35. The Bertz CT molecular complexity index is 1120. The van der Waals surface area contributed by atoms with E-state index in [2.05, 4.69) is 10.3 Å². The minimum absolute atomic E-state index is 0.0889. The van der Waals surface area contributed by atoms with Crippen LogP contribution in [0.25, 0.3) is 0 Å². The molecule has 0 saturated heterocycles. The van der Waals surface area contributed by atoms with Gasteiger partial charge in [0.05, 0.1) is 18.0 Å². The Morgan fingerprint density at radius 1 is 1.00 bits per heavy atom. The highest BCUT2D eigenvalue weighted by atomic mass is 32.2. The number of anilines is 1. The summed E-state index contributed by atoms with van der Waals surface area (Å²) in [5, 5.41) is 2.81. The third-order valence-electron chi connectivity index (χ3n) is 4.77. The molecule has 2 aromatic carbocycles. The summed E-state index contributed by atoms with van der Waals surface area (Å²) in [6.45, 7) is 0.216. The lowest BCUT2D eigenvalue weighted by molar-refractivity contribution is -0.127. The van der Waals surface area contributed by atoms with Gasteiger partial charge >= 0.3 is 0 Å². The number of fused-ring (bicyclic) bond motifs is 1. The SMILES string of the molecule is O=C(NCc1ccncc1)C1CN(S(=O)(=O)Cc2ccccc2)c2ccccc2O1. The van der Waals surface area contributed by atoms with E-state index in [4.69, 9.17) is 4.74 Å². The summed E-state index contributed by atoms with van der Waals surface area (Å²) >= 11 is 0. The van der Waals surface area contributed by atoms with Crippen LogP contribution in [0.15, 0.2) is 79.1 Å². The number of sulfonamides is 1. The Labute approximate surface area is 175 Å². The van der Waals surface area contributed by atoms with Gasteiger partial charge in [0, 0.05) is 18.9 Å². The minimum Gasteiger partial charge on any atom is -0.476 e. The van der Waals surface area contributed by atoms with Crippen LogP contribution in [-0.2, 0) is 27.1 Å². The zero-order chi connectivity index (χ0) is 21.0. The first-order chi connectivity index (χ1) is 14.5. The van der Waals surface area contributed by atoms with Crippen molar-refractivity contribution in [2.24, 2.45) is 0 Å². The fourth-order valence-corrected chi connectivity index (χ4v) is 4.85. The summed E-state index contributed by atoms with van der Waals surface area (Å²) in [6, 6.07) is 19.4. The molecule has 8 heteroatoms. The van der Waals surface area contributed by atoms with Crippen molar-refractivity contribution in [2.45, 2.75) is 18.4 Å². The number of rotatable bonds is 6. The van der Waals surface area contributed by atoms with Crippen molar-refractivity contribution >= 4 is 21.6 Å². The van der Waals surface area contributed by atoms with Gasteiger partial charge in [-0.15, -0.1) is 0 Å². The smallest absolute Gasteiger partial charge is 0.263 e. The van der Waals surface area contributed by atoms with E-state index >= 15 is 0 Å². The zero-order valence-corrected chi connectivity index (χ0v) is 17.0. The molecular formula is C22H21N3O4S. The molecule has 1 aromatic heterocycles. The number of carbonyl (C=O) groups is 1. The van der Waals surface area contributed by atoms with Crippen molar-refractivity contribution in [3.05, 3.63) is 90.3 Å². The van der Waals surface area contributed by atoms with Crippen LogP contribution in [0.2, 0.25) is 0 Å². The molecule has 1 N–H and O–H groups in total. The summed E-state index contributed by atoms with van der Waals surface area (Å²) in [4.78, 5) is 16.7. The molecule has 1 aliphatic heterocycles. The van der Waals surface area contributed by atoms with Gasteiger partial charge in [-0.05, 0) is 35.4 Å². The Morgan fingerprint density at radius 3 is 2.47 bits per heavy atom. The maximum atomic E-state index is 13.2. The van der Waals surface area contributed by atoms with Crippen LogP contribution in [0.5, 0.6) is 5.75 Å². The van der Waals surface area contributed by atoms with Gasteiger partial charge in [-0.1, -0.05) is 42.5 Å². The fraction of sp³-hybridized carbons (Fsp3) is 0.182. The van der Waals surface area contributed by atoms with Gasteiger partial charge in [-0.25, -0.2) is 8.42 Å². The first-order valence-electron chi connectivity index (χ1n) is 9.49. The van der Waals surface area contributed by atoms with E-state index in [0.717, 1.165) is 5.56 Å². The Balaban J connectivity index is 1.55. The monoisotopic (exact) mass is 423 g/mol. The predicted octanol–water partition coefficient (Wildman–Crippen LogP) is 2.50. The highest BCUT2D eigenvalue weighted by Gasteiger charge is 2.36. The largest absolute Gasteiger partial charge is 0.476 e. The number of hydrogen-bond donors (Lipinski definition) is 1. The molecule has 1 aliphatic rings. The Kier molecular flexibility index (Phi) is 5.67. The predicted molar refractivity (Wildman–Crippen MR) is 113 cm³/mol. The fourth-order valence-electron chi connectivity index (χ4n) is 3.27. The van der Waals surface area contributed by atoms with E-state index in [1.807, 2.05) is 6.07 Å². The van der Waals surface area contributed by atoms with Crippen LogP contribution in [0.3, 0.4) is 0 Å². The standard InChI is InChI=1S/C22H21N3O4S/c26-22(24-14-17-10-12-23-13-11-17)21-15-25(19-8-4-5-9-20(19)29-21)30(27,28)16-18-6-2-1-3-7-18/h1-13,21H,14-16H2,(H,24,26). The third-order valence-corrected chi connectivity index (χ3v) is 6.49. The summed E-state index contributed by atoms with van der Waals surface area (Å²) in [7, 11) is -3.72. The van der Waals surface area contributed by atoms with Crippen LogP contribution in [0.4, 0.5) is 5.69 Å². The second kappa shape index (κ2) is 8.54. The lowest BCUT2D eigenvalue weighted by atomic mass is 10.2. The van der Waals surface area contributed by atoms with Crippen molar-refractivity contribution in [1.29, 1.82) is 0 Å². The number of ether oxygens (including phenoxy) is 1. The van der Waals surface area contributed by atoms with Crippen LogP contribution < -0.4 is 14.4 Å². The van der Waals surface area contributed by atoms with E-state index in [1.54, 1.807) is 73.1 Å². The molecule has 0 aliphatic carbocycles. The van der Waals surface area contributed by atoms with Crippen molar-refractivity contribution in [2.75, 3.05) is 10.8 Å². The highest BCUT2D eigenvalue weighted by molar-refractivity contribution is 7.92. The minimum atomic E-state index is -3.72. The van der Waals surface area contributed by atoms with Gasteiger partial charge in [-0.2, -0.15) is 0 Å². The molecule has 0 spiro atoms. The first kappa shape index (κ1) is 19.9. The van der Waals surface area contributed by atoms with Crippen LogP contribution in [-0.4, -0.2) is 32.0 Å². The lowest BCUT2D eigenvalue weighted by Gasteiger charge is -2.34. The molecule has 0 bridgehead atoms. The number of amides is 1. The van der Waals surface area contributed by atoms with Crippen molar-refractivity contribution in [1.82, 2.24) is 10.3 Å². The maximum Gasteiger partial charge on any atom is 0.263 e. The van der Waals surface area contributed by atoms with Crippen LogP contribution >= 0.6 is 0 Å². The van der Waals surface area contributed by atoms with Gasteiger partial charge in [0.15, 0.2) is 6.10 Å². The van der Waals surface area contributed by atoms with E-state index in [1.165, 1.54) is 4.31 Å². The Hall–Kier alpha value is -3.39. The molecule has 0 saturated carbocycles. The second-order valence-electron chi connectivity index (χ2n) is 6.92. The number of benzene rings is 2. The van der Waals surface area contributed by atoms with Crippen LogP contribution in [0, 0.1) is 0 Å². The van der Waals surface area contributed by atoms with Crippen molar-refractivity contribution in [3.8, 4) is 5.75 Å². The quantitative estimate of drug-likeness (QED) is 0.658. The van der Waals surface area contributed by atoms with E-state index in [9.17, 15) is 13.2 Å². The molecule has 4 rings (SSSR count). The number of nitrogens with zero attached hydrogens (tertiary/aromatic N) is 2. The molecule has 0 radical (unpaired) electrons. The summed E-state index contributed by atoms with van der Waals surface area (Å²) < 4.78 is 33.5. The Morgan fingerprint density at radius 2 is 1.70 bits per heavy atom. The number of aromatic nitrogens is 1. The average Bonchev–Trinajstić information content (AvgIpc) is 2.77. The molecule has 7 nitrogen and oxygen atoms in total. The molecule has 154 valence electrons. The van der Waals surface area contributed by atoms with Gasteiger partial charge in [-0.3, -0.25) is 14.1 Å². The summed E-state index contributed by atoms with van der Waals surface area (Å²) in [5.41, 5.74) is 2.01. The summed E-state index contributed by atoms with van der Waals surface area (Å²) in [6.07, 6.45) is 2.34. The molecule has 1 amide bonds. The number of pyridine rings is 1. The van der Waals surface area contributed by atoms with E-state index < -0.39 is 16.1 Å². The van der Waals surface area contributed by atoms with Crippen molar-refractivity contribution < 1.29 is 17.9 Å². The second-order valence-corrected chi connectivity index (χ2v) is 8.81. The number of nitrogens with one attached hydrogen (secondary N) is 1. The maximum absolute atomic E-state index is 13.2. The molecule has 1 unspecified atom stereocenters. The summed E-state index contributed by atoms with van der Waals surface area (Å²) in [5.74, 6) is -0.168. The molecule has 30 heavy (non-hydrogen) atoms. The topological polar surface area (TPSA) is 88.6 Å². The first-order valence-corrected chi connectivity index (χ1v) is 11.1. The lowest BCUT2D eigenvalue weighted by Crippen LogP contribution is -2.50. The normalized spacial score (nSPS) is 15.7. The molecule has 3 aromatic rings. The van der Waals surface area contributed by atoms with Crippen LogP contribution in [0.1, 0.15) is 11.1 Å². The zero-order valence-electron chi connectivity index (χ0n) is 16.1. The van der Waals surface area contributed by atoms with Gasteiger partial charge in [0.1, 0.15) is 5.75 Å². The van der Waals surface area contributed by atoms with Gasteiger partial charge < -0.3 is 10.1 Å². The van der Waals surface area contributed by atoms with E-state index in [0.29, 0.717) is 23.5 Å². The average molecular weight is 423 g/mol. The molecule has 2 heterocycles. The third kappa shape index (κ3) is 4.44.